The number of rotatable bonds is 3. The summed E-state index contributed by atoms with van der Waals surface area (Å²) in [5.41, 5.74) is 1.75. The second-order valence-corrected chi connectivity index (χ2v) is 6.32. The molecule has 2 aromatic heterocycles. The van der Waals surface area contributed by atoms with Gasteiger partial charge in [0.2, 0.25) is 0 Å². The lowest BCUT2D eigenvalue weighted by Crippen LogP contribution is -2.52. The molecule has 0 aromatic carbocycles. The van der Waals surface area contributed by atoms with Crippen LogP contribution in [0, 0.1) is 18.3 Å². The summed E-state index contributed by atoms with van der Waals surface area (Å²) < 4.78 is 5.25. The van der Waals surface area contributed by atoms with Gasteiger partial charge in [0, 0.05) is 11.6 Å². The van der Waals surface area contributed by atoms with E-state index in [4.69, 9.17) is 4.52 Å². The van der Waals surface area contributed by atoms with Crippen LogP contribution >= 0.6 is 0 Å². The van der Waals surface area contributed by atoms with Gasteiger partial charge in [-0.1, -0.05) is 5.16 Å². The molecule has 4 rings (SSSR count). The zero-order chi connectivity index (χ0) is 15.3. The van der Waals surface area contributed by atoms with E-state index in [0.29, 0.717) is 41.1 Å². The van der Waals surface area contributed by atoms with Crippen LogP contribution in [-0.4, -0.2) is 21.6 Å². The Hall–Kier alpha value is -2.42. The summed E-state index contributed by atoms with van der Waals surface area (Å²) in [5.74, 6) is 0.178. The number of amides is 1. The number of hydrogen-bond acceptors (Lipinski definition) is 5. The second kappa shape index (κ2) is 4.54. The molecular formula is C16H16N4O2. The molecule has 1 N–H and O–H groups in total. The van der Waals surface area contributed by atoms with Gasteiger partial charge in [-0.2, -0.15) is 5.26 Å². The quantitative estimate of drug-likeness (QED) is 0.939. The molecular weight excluding hydrogens is 280 g/mol. The zero-order valence-electron chi connectivity index (χ0n) is 12.3. The monoisotopic (exact) mass is 296 g/mol. The molecule has 2 saturated carbocycles. The number of carbonyl (C=O) groups is 1. The molecule has 0 spiro atoms. The van der Waals surface area contributed by atoms with Crippen LogP contribution in [0.4, 0.5) is 0 Å². The molecule has 6 nitrogen and oxygen atoms in total. The van der Waals surface area contributed by atoms with Crippen molar-refractivity contribution < 1.29 is 9.32 Å². The highest BCUT2D eigenvalue weighted by Crippen LogP contribution is 2.40. The Bertz CT molecular complexity index is 809. The third kappa shape index (κ3) is 1.97. The SMILES string of the molecule is Cc1noc2nc(C3CC3)cc(C(=O)NC3(C#N)CCC3)c12. The van der Waals surface area contributed by atoms with Crippen LogP contribution in [0.3, 0.4) is 0 Å². The van der Waals surface area contributed by atoms with Crippen LogP contribution in [0.2, 0.25) is 0 Å². The smallest absolute Gasteiger partial charge is 0.259 e. The maximum atomic E-state index is 12.7. The summed E-state index contributed by atoms with van der Waals surface area (Å²) in [5, 5.41) is 16.8. The number of hydrogen-bond donors (Lipinski definition) is 1. The molecule has 0 bridgehead atoms. The van der Waals surface area contributed by atoms with Crippen molar-refractivity contribution in [3.05, 3.63) is 23.0 Å². The highest BCUT2D eigenvalue weighted by atomic mass is 16.5. The predicted octanol–water partition coefficient (Wildman–Crippen LogP) is 2.58. The van der Waals surface area contributed by atoms with Crippen LogP contribution in [0.15, 0.2) is 10.6 Å². The lowest BCUT2D eigenvalue weighted by Gasteiger charge is -2.35. The first-order chi connectivity index (χ1) is 10.6. The zero-order valence-corrected chi connectivity index (χ0v) is 12.3. The van der Waals surface area contributed by atoms with Crippen molar-refractivity contribution in [3.63, 3.8) is 0 Å². The molecule has 2 aliphatic rings. The van der Waals surface area contributed by atoms with Crippen molar-refractivity contribution in [3.8, 4) is 6.07 Å². The molecule has 22 heavy (non-hydrogen) atoms. The fraction of sp³-hybridized carbons (Fsp3) is 0.500. The number of nitrogens with one attached hydrogen (secondary N) is 1. The minimum atomic E-state index is -0.711. The van der Waals surface area contributed by atoms with Gasteiger partial charge in [-0.25, -0.2) is 4.98 Å². The van der Waals surface area contributed by atoms with Gasteiger partial charge < -0.3 is 9.84 Å². The molecule has 1 amide bonds. The Kier molecular flexibility index (Phi) is 2.73. The van der Waals surface area contributed by atoms with E-state index in [1.54, 1.807) is 6.92 Å². The molecule has 6 heteroatoms. The average Bonchev–Trinajstić information content (AvgIpc) is 3.26. The Morgan fingerprint density at radius 3 is 2.86 bits per heavy atom. The van der Waals surface area contributed by atoms with Gasteiger partial charge in [0.25, 0.3) is 11.6 Å². The first-order valence-corrected chi connectivity index (χ1v) is 7.62. The van der Waals surface area contributed by atoms with Crippen LogP contribution in [0.5, 0.6) is 0 Å². The van der Waals surface area contributed by atoms with E-state index in [9.17, 15) is 10.1 Å². The van der Waals surface area contributed by atoms with Crippen LogP contribution in [0.25, 0.3) is 11.1 Å². The summed E-state index contributed by atoms with van der Waals surface area (Å²) in [7, 11) is 0. The van der Waals surface area contributed by atoms with E-state index in [0.717, 1.165) is 25.0 Å². The number of aromatic nitrogens is 2. The highest BCUT2D eigenvalue weighted by molar-refractivity contribution is 6.06. The van der Waals surface area contributed by atoms with Crippen molar-refractivity contribution in [1.29, 1.82) is 5.26 Å². The fourth-order valence-electron chi connectivity index (χ4n) is 2.96. The molecule has 2 heterocycles. The number of nitriles is 1. The molecule has 2 aliphatic carbocycles. The number of carbonyl (C=O) groups excluding carboxylic acids is 1. The van der Waals surface area contributed by atoms with E-state index >= 15 is 0 Å². The van der Waals surface area contributed by atoms with E-state index < -0.39 is 5.54 Å². The predicted molar refractivity (Wildman–Crippen MR) is 78.2 cm³/mol. The summed E-state index contributed by atoms with van der Waals surface area (Å²) in [6.45, 7) is 1.80. The Morgan fingerprint density at radius 1 is 1.50 bits per heavy atom. The molecule has 0 saturated heterocycles. The van der Waals surface area contributed by atoms with E-state index in [1.165, 1.54) is 0 Å². The molecule has 0 aliphatic heterocycles. The van der Waals surface area contributed by atoms with E-state index in [-0.39, 0.29) is 5.91 Å². The van der Waals surface area contributed by atoms with Gasteiger partial charge in [-0.3, -0.25) is 4.79 Å². The maximum absolute atomic E-state index is 12.7. The Balaban J connectivity index is 1.77. The van der Waals surface area contributed by atoms with Gasteiger partial charge in [-0.15, -0.1) is 0 Å². The topological polar surface area (TPSA) is 91.8 Å². The minimum Gasteiger partial charge on any atom is -0.336 e. The summed E-state index contributed by atoms with van der Waals surface area (Å²) in [6.07, 6.45) is 4.58. The van der Waals surface area contributed by atoms with Gasteiger partial charge in [0.05, 0.1) is 22.7 Å². The van der Waals surface area contributed by atoms with Gasteiger partial charge >= 0.3 is 0 Å². The van der Waals surface area contributed by atoms with Crippen molar-refractivity contribution in [1.82, 2.24) is 15.5 Å². The Labute approximate surface area is 127 Å². The second-order valence-electron chi connectivity index (χ2n) is 6.32. The average molecular weight is 296 g/mol. The van der Waals surface area contributed by atoms with Crippen molar-refractivity contribution in [2.75, 3.05) is 0 Å². The van der Waals surface area contributed by atoms with Gasteiger partial charge in [0.15, 0.2) is 0 Å². The number of aryl methyl sites for hydroxylation is 1. The number of nitrogens with zero attached hydrogens (tertiary/aromatic N) is 3. The summed E-state index contributed by atoms with van der Waals surface area (Å²) in [4.78, 5) is 17.2. The maximum Gasteiger partial charge on any atom is 0.259 e. The molecule has 2 aromatic rings. The lowest BCUT2D eigenvalue weighted by atomic mass is 9.78. The van der Waals surface area contributed by atoms with Crippen LogP contribution in [0.1, 0.15) is 59.8 Å². The van der Waals surface area contributed by atoms with Gasteiger partial charge in [-0.05, 0) is 45.1 Å². The minimum absolute atomic E-state index is 0.234. The largest absolute Gasteiger partial charge is 0.336 e. The normalized spacial score (nSPS) is 19.5. The summed E-state index contributed by atoms with van der Waals surface area (Å²) >= 11 is 0. The summed E-state index contributed by atoms with van der Waals surface area (Å²) in [6, 6.07) is 4.07. The molecule has 0 unspecified atom stereocenters. The molecule has 0 radical (unpaired) electrons. The standard InChI is InChI=1S/C16H16N4O2/c1-9-13-11(14(21)19-16(8-17)5-2-6-16)7-12(10-3-4-10)18-15(13)22-20-9/h7,10H,2-6H2,1H3,(H,19,21). The van der Waals surface area contributed by atoms with Crippen LogP contribution < -0.4 is 5.32 Å². The highest BCUT2D eigenvalue weighted by Gasteiger charge is 2.39. The first-order valence-electron chi connectivity index (χ1n) is 7.62. The fourth-order valence-corrected chi connectivity index (χ4v) is 2.96. The van der Waals surface area contributed by atoms with Crippen molar-refractivity contribution in [2.45, 2.75) is 50.5 Å². The third-order valence-corrected chi connectivity index (χ3v) is 4.65. The van der Waals surface area contributed by atoms with Crippen molar-refractivity contribution in [2.24, 2.45) is 0 Å². The lowest BCUT2D eigenvalue weighted by molar-refractivity contribution is 0.0883. The molecule has 112 valence electrons. The van der Waals surface area contributed by atoms with Crippen LogP contribution in [-0.2, 0) is 0 Å². The number of pyridine rings is 1. The third-order valence-electron chi connectivity index (χ3n) is 4.65. The Morgan fingerprint density at radius 2 is 2.27 bits per heavy atom. The molecule has 0 atom stereocenters. The first kappa shape index (κ1) is 13.3. The van der Waals surface area contributed by atoms with Crippen molar-refractivity contribution >= 4 is 17.0 Å². The number of fused-ring (bicyclic) bond motifs is 1. The molecule has 2 fully saturated rings. The van der Waals surface area contributed by atoms with E-state index in [1.807, 2.05) is 6.07 Å². The van der Waals surface area contributed by atoms with Gasteiger partial charge in [0.1, 0.15) is 5.54 Å². The van der Waals surface area contributed by atoms with E-state index in [2.05, 4.69) is 21.5 Å².